The molecular formula is C5H14N2O2. The van der Waals surface area contributed by atoms with Crippen molar-refractivity contribution in [3.63, 3.8) is 0 Å². The van der Waals surface area contributed by atoms with Crippen LogP contribution in [0.1, 0.15) is 13.8 Å². The highest BCUT2D eigenvalue weighted by Crippen LogP contribution is 2.18. The monoisotopic (exact) mass is 134 g/mol. The molecule has 0 aliphatic rings. The summed E-state index contributed by atoms with van der Waals surface area (Å²) in [5.74, 6) is 0. The fourth-order valence-corrected chi connectivity index (χ4v) is 0.175. The molecule has 0 rings (SSSR count). The number of hydrogen-bond donors (Lipinski definition) is 4. The van der Waals surface area contributed by atoms with Crippen molar-refractivity contribution in [2.75, 3.05) is 0 Å². The summed E-state index contributed by atoms with van der Waals surface area (Å²) in [6.45, 7) is 3.17. The summed E-state index contributed by atoms with van der Waals surface area (Å²) >= 11 is 0. The lowest BCUT2D eigenvalue weighted by molar-refractivity contribution is -0.0408. The van der Waals surface area contributed by atoms with Crippen molar-refractivity contribution in [2.24, 2.45) is 16.9 Å². The topological polar surface area (TPSA) is 92.5 Å². The average molecular weight is 134 g/mol. The second kappa shape index (κ2) is 2.62. The van der Waals surface area contributed by atoms with Crippen LogP contribution in [0, 0.1) is 5.41 Å². The molecule has 0 aliphatic heterocycles. The van der Waals surface area contributed by atoms with Crippen LogP contribution < -0.4 is 11.5 Å². The second-order valence-electron chi connectivity index (χ2n) is 2.71. The van der Waals surface area contributed by atoms with Crippen LogP contribution in [0.4, 0.5) is 0 Å². The molecule has 6 N–H and O–H groups in total. The van der Waals surface area contributed by atoms with Crippen LogP contribution in [0.15, 0.2) is 0 Å². The molecular weight excluding hydrogens is 120 g/mol. The van der Waals surface area contributed by atoms with Crippen LogP contribution in [-0.2, 0) is 0 Å². The maximum Gasteiger partial charge on any atom is 0.111 e. The normalized spacial score (nSPS) is 19.3. The van der Waals surface area contributed by atoms with Gasteiger partial charge in [-0.25, -0.2) is 0 Å². The first kappa shape index (κ1) is 8.84. The van der Waals surface area contributed by atoms with E-state index in [1.807, 2.05) is 0 Å². The van der Waals surface area contributed by atoms with Gasteiger partial charge in [0, 0.05) is 5.41 Å². The fourth-order valence-electron chi connectivity index (χ4n) is 0.175. The summed E-state index contributed by atoms with van der Waals surface area (Å²) in [5, 5.41) is 17.6. The largest absolute Gasteiger partial charge is 0.378 e. The van der Waals surface area contributed by atoms with Crippen LogP contribution >= 0.6 is 0 Å². The molecule has 0 spiro atoms. The maximum absolute atomic E-state index is 8.79. The van der Waals surface area contributed by atoms with Gasteiger partial charge in [0.25, 0.3) is 0 Å². The molecule has 4 heteroatoms. The van der Waals surface area contributed by atoms with Gasteiger partial charge in [-0.2, -0.15) is 0 Å². The van der Waals surface area contributed by atoms with Crippen molar-refractivity contribution in [1.29, 1.82) is 0 Å². The number of hydrogen-bond acceptors (Lipinski definition) is 4. The molecule has 9 heavy (non-hydrogen) atoms. The van der Waals surface area contributed by atoms with Gasteiger partial charge in [0.05, 0.1) is 0 Å². The van der Waals surface area contributed by atoms with E-state index in [1.165, 1.54) is 0 Å². The third kappa shape index (κ3) is 1.91. The average Bonchev–Trinajstić information content (AvgIpc) is 1.65. The fraction of sp³-hybridized carbons (Fsp3) is 1.00. The van der Waals surface area contributed by atoms with Crippen LogP contribution in [0.25, 0.3) is 0 Å². The summed E-state index contributed by atoms with van der Waals surface area (Å²) in [6.07, 6.45) is -2.17. The van der Waals surface area contributed by atoms with Crippen molar-refractivity contribution >= 4 is 0 Å². The molecule has 0 radical (unpaired) electrons. The van der Waals surface area contributed by atoms with Crippen LogP contribution in [-0.4, -0.2) is 22.7 Å². The van der Waals surface area contributed by atoms with Crippen molar-refractivity contribution < 1.29 is 10.2 Å². The molecule has 0 saturated heterocycles. The van der Waals surface area contributed by atoms with Crippen molar-refractivity contribution in [3.8, 4) is 0 Å². The van der Waals surface area contributed by atoms with Gasteiger partial charge in [-0.1, -0.05) is 13.8 Å². The van der Waals surface area contributed by atoms with Gasteiger partial charge in [0.1, 0.15) is 12.5 Å². The lowest BCUT2D eigenvalue weighted by Crippen LogP contribution is -2.49. The SMILES string of the molecule is CC(C)(C(N)O)C(N)O. The second-order valence-corrected chi connectivity index (χ2v) is 2.71. The van der Waals surface area contributed by atoms with E-state index < -0.39 is 17.9 Å². The van der Waals surface area contributed by atoms with E-state index in [-0.39, 0.29) is 0 Å². The lowest BCUT2D eigenvalue weighted by Gasteiger charge is -2.29. The summed E-state index contributed by atoms with van der Waals surface area (Å²) in [6, 6.07) is 0. The summed E-state index contributed by atoms with van der Waals surface area (Å²) in [4.78, 5) is 0. The Morgan fingerprint density at radius 3 is 1.33 bits per heavy atom. The first-order chi connectivity index (χ1) is 3.89. The van der Waals surface area contributed by atoms with E-state index >= 15 is 0 Å². The molecule has 0 aromatic rings. The molecule has 2 unspecified atom stereocenters. The van der Waals surface area contributed by atoms with E-state index in [2.05, 4.69) is 0 Å². The Hall–Kier alpha value is -0.160. The van der Waals surface area contributed by atoms with Gasteiger partial charge >= 0.3 is 0 Å². The number of aliphatic hydroxyl groups excluding tert-OH is 2. The summed E-state index contributed by atoms with van der Waals surface area (Å²) < 4.78 is 0. The summed E-state index contributed by atoms with van der Waals surface area (Å²) in [5.41, 5.74) is 9.34. The highest BCUT2D eigenvalue weighted by molar-refractivity contribution is 4.77. The highest BCUT2D eigenvalue weighted by atomic mass is 16.3. The Morgan fingerprint density at radius 1 is 1.11 bits per heavy atom. The Morgan fingerprint density at radius 2 is 1.33 bits per heavy atom. The Bertz CT molecular complexity index is 81.0. The predicted molar refractivity (Wildman–Crippen MR) is 34.2 cm³/mol. The molecule has 0 aromatic heterocycles. The molecule has 0 heterocycles. The zero-order valence-electron chi connectivity index (χ0n) is 5.70. The minimum absolute atomic E-state index is 0.833. The van der Waals surface area contributed by atoms with E-state index in [4.69, 9.17) is 21.7 Å². The van der Waals surface area contributed by atoms with Gasteiger partial charge in [-0.3, -0.25) is 0 Å². The standard InChI is InChI=1S/C5H14N2O2/c1-5(2,3(6)8)4(7)9/h3-4,8-9H,6-7H2,1-2H3. The minimum Gasteiger partial charge on any atom is -0.378 e. The van der Waals surface area contributed by atoms with Gasteiger partial charge in [-0.05, 0) is 0 Å². The minimum atomic E-state index is -1.09. The van der Waals surface area contributed by atoms with Crippen LogP contribution in [0.2, 0.25) is 0 Å². The van der Waals surface area contributed by atoms with Crippen LogP contribution in [0.5, 0.6) is 0 Å². The van der Waals surface area contributed by atoms with Crippen LogP contribution in [0.3, 0.4) is 0 Å². The predicted octanol–water partition coefficient (Wildman–Crippen LogP) is -1.43. The highest BCUT2D eigenvalue weighted by Gasteiger charge is 2.30. The first-order valence-electron chi connectivity index (χ1n) is 2.76. The quantitative estimate of drug-likeness (QED) is 0.348. The maximum atomic E-state index is 8.79. The van der Waals surface area contributed by atoms with Crippen molar-refractivity contribution in [2.45, 2.75) is 26.3 Å². The van der Waals surface area contributed by atoms with Crippen molar-refractivity contribution in [3.05, 3.63) is 0 Å². The Balaban J connectivity index is 4.01. The molecule has 0 aliphatic carbocycles. The van der Waals surface area contributed by atoms with Gasteiger partial charge in [0.2, 0.25) is 0 Å². The molecule has 0 bridgehead atoms. The zero-order valence-corrected chi connectivity index (χ0v) is 5.70. The Kier molecular flexibility index (Phi) is 2.57. The zero-order chi connectivity index (χ0) is 7.65. The van der Waals surface area contributed by atoms with Crippen molar-refractivity contribution in [1.82, 2.24) is 0 Å². The lowest BCUT2D eigenvalue weighted by atomic mass is 9.90. The van der Waals surface area contributed by atoms with Gasteiger partial charge in [-0.15, -0.1) is 0 Å². The smallest absolute Gasteiger partial charge is 0.111 e. The molecule has 0 aromatic carbocycles. The molecule has 4 nitrogen and oxygen atoms in total. The van der Waals surface area contributed by atoms with Gasteiger partial charge < -0.3 is 21.7 Å². The van der Waals surface area contributed by atoms with E-state index in [9.17, 15) is 0 Å². The molecule has 0 fully saturated rings. The number of nitrogens with two attached hydrogens (primary N) is 2. The third-order valence-electron chi connectivity index (χ3n) is 1.52. The molecule has 56 valence electrons. The van der Waals surface area contributed by atoms with E-state index in [1.54, 1.807) is 13.8 Å². The molecule has 2 atom stereocenters. The Labute approximate surface area is 54.5 Å². The number of rotatable bonds is 2. The molecule has 0 saturated carbocycles. The van der Waals surface area contributed by atoms with E-state index in [0.29, 0.717) is 0 Å². The van der Waals surface area contributed by atoms with Gasteiger partial charge in [0.15, 0.2) is 0 Å². The summed E-state index contributed by atoms with van der Waals surface area (Å²) in [7, 11) is 0. The third-order valence-corrected chi connectivity index (χ3v) is 1.52. The number of aliphatic hydroxyl groups is 2. The first-order valence-corrected chi connectivity index (χ1v) is 2.76. The molecule has 0 amide bonds. The van der Waals surface area contributed by atoms with E-state index in [0.717, 1.165) is 0 Å².